The van der Waals surface area contributed by atoms with Crippen molar-refractivity contribution in [1.29, 1.82) is 0 Å². The van der Waals surface area contributed by atoms with Crippen molar-refractivity contribution in [2.45, 2.75) is 13.3 Å². The molecular weight excluding hydrogens is 242 g/mol. The highest BCUT2D eigenvalue weighted by Crippen LogP contribution is 2.20. The van der Waals surface area contributed by atoms with Gasteiger partial charge in [0.2, 0.25) is 5.91 Å². The molecule has 0 unspecified atom stereocenters. The Morgan fingerprint density at radius 2 is 2.37 bits per heavy atom. The fraction of sp³-hybridized carbons (Fsp3) is 0.286. The molecule has 0 radical (unpaired) electrons. The van der Waals surface area contributed by atoms with Crippen LogP contribution in [-0.2, 0) is 11.2 Å². The van der Waals surface area contributed by atoms with E-state index in [1.165, 1.54) is 0 Å². The van der Waals surface area contributed by atoms with E-state index < -0.39 is 0 Å². The number of aryl methyl sites for hydroxylation is 1. The van der Waals surface area contributed by atoms with Crippen molar-refractivity contribution in [3.63, 3.8) is 0 Å². The fourth-order valence-electron chi connectivity index (χ4n) is 1.70. The van der Waals surface area contributed by atoms with Crippen molar-refractivity contribution < 1.29 is 9.21 Å². The Kier molecular flexibility index (Phi) is 4.30. The third-order valence-electron chi connectivity index (χ3n) is 2.59. The van der Waals surface area contributed by atoms with Crippen molar-refractivity contribution in [2.24, 2.45) is 0 Å². The number of fused-ring (bicyclic) bond motifs is 1. The number of carbonyl (C=O) groups is 1. The second-order valence-electron chi connectivity index (χ2n) is 4.11. The van der Waals surface area contributed by atoms with Gasteiger partial charge in [-0.05, 0) is 18.2 Å². The van der Waals surface area contributed by atoms with Crippen LogP contribution in [0.1, 0.15) is 12.8 Å². The van der Waals surface area contributed by atoms with Gasteiger partial charge in [0.25, 0.3) is 0 Å². The summed E-state index contributed by atoms with van der Waals surface area (Å²) >= 11 is 0. The minimum atomic E-state index is -0.0968. The predicted octanol–water partition coefficient (Wildman–Crippen LogP) is 2.10. The Balaban J connectivity index is 2.04. The average Bonchev–Trinajstić information content (AvgIpc) is 2.81. The molecule has 0 aliphatic rings. The molecule has 2 aromatic rings. The summed E-state index contributed by atoms with van der Waals surface area (Å²) in [5.74, 6) is 0.603. The molecule has 0 bridgehead atoms. The largest absolute Gasteiger partial charge is 0.441 e. The molecule has 1 aromatic heterocycles. The lowest BCUT2D eigenvalue weighted by Gasteiger charge is -2.04. The van der Waals surface area contributed by atoms with Gasteiger partial charge in [0.1, 0.15) is 5.52 Å². The summed E-state index contributed by atoms with van der Waals surface area (Å²) in [4.78, 5) is 16.0. The van der Waals surface area contributed by atoms with Crippen LogP contribution in [-0.4, -0.2) is 24.0 Å². The molecule has 100 valence electrons. The lowest BCUT2D eigenvalue weighted by molar-refractivity contribution is -0.115. The first-order valence-corrected chi connectivity index (χ1v) is 6.24. The molecule has 0 fully saturated rings. The second-order valence-corrected chi connectivity index (χ2v) is 4.11. The average molecular weight is 259 g/mol. The van der Waals surface area contributed by atoms with Gasteiger partial charge in [0.05, 0.1) is 6.54 Å². The fourth-order valence-corrected chi connectivity index (χ4v) is 1.70. The zero-order valence-corrected chi connectivity index (χ0v) is 10.9. The molecule has 0 aliphatic heterocycles. The van der Waals surface area contributed by atoms with Crippen molar-refractivity contribution in [3.05, 3.63) is 36.7 Å². The molecule has 0 saturated carbocycles. The molecule has 1 amide bonds. The van der Waals surface area contributed by atoms with Crippen molar-refractivity contribution in [3.8, 4) is 0 Å². The molecule has 0 atom stereocenters. The molecule has 5 nitrogen and oxygen atoms in total. The van der Waals surface area contributed by atoms with E-state index in [2.05, 4.69) is 22.2 Å². The third-order valence-corrected chi connectivity index (χ3v) is 2.59. The highest BCUT2D eigenvalue weighted by atomic mass is 16.3. The van der Waals surface area contributed by atoms with E-state index in [0.29, 0.717) is 18.1 Å². The van der Waals surface area contributed by atoms with Crippen molar-refractivity contribution in [1.82, 2.24) is 10.3 Å². The highest BCUT2D eigenvalue weighted by molar-refractivity contribution is 5.94. The van der Waals surface area contributed by atoms with Gasteiger partial charge in [0, 0.05) is 18.7 Å². The van der Waals surface area contributed by atoms with E-state index in [1.807, 2.05) is 19.1 Å². The maximum Gasteiger partial charge on any atom is 0.238 e. The van der Waals surface area contributed by atoms with Gasteiger partial charge >= 0.3 is 0 Å². The maximum atomic E-state index is 11.6. The summed E-state index contributed by atoms with van der Waals surface area (Å²) < 4.78 is 5.51. The molecule has 2 rings (SSSR count). The lowest BCUT2D eigenvalue weighted by Crippen LogP contribution is -2.28. The Hall–Kier alpha value is -2.14. The standard InChI is InChI=1S/C14H17N3O2/c1-3-7-15-9-13(18)16-10-5-6-12-11(8-10)17-14(4-2)19-12/h3,5-6,8,15H,1,4,7,9H2,2H3,(H,16,18). The van der Waals surface area contributed by atoms with Crippen LogP contribution < -0.4 is 10.6 Å². The monoisotopic (exact) mass is 259 g/mol. The Bertz CT molecular complexity index is 589. The first kappa shape index (κ1) is 13.3. The summed E-state index contributed by atoms with van der Waals surface area (Å²) in [7, 11) is 0. The first-order valence-electron chi connectivity index (χ1n) is 6.24. The number of oxazole rings is 1. The molecular formula is C14H17N3O2. The Morgan fingerprint density at radius 3 is 3.11 bits per heavy atom. The minimum absolute atomic E-state index is 0.0968. The number of amides is 1. The maximum absolute atomic E-state index is 11.6. The van der Waals surface area contributed by atoms with Gasteiger partial charge in [-0.2, -0.15) is 0 Å². The van der Waals surface area contributed by atoms with Crippen LogP contribution >= 0.6 is 0 Å². The van der Waals surface area contributed by atoms with Gasteiger partial charge in [-0.1, -0.05) is 13.0 Å². The number of rotatable bonds is 6. The quantitative estimate of drug-likeness (QED) is 0.616. The first-order chi connectivity index (χ1) is 9.22. The highest BCUT2D eigenvalue weighted by Gasteiger charge is 2.06. The molecule has 1 aromatic carbocycles. The van der Waals surface area contributed by atoms with Crippen LogP contribution in [0.5, 0.6) is 0 Å². The van der Waals surface area contributed by atoms with Crippen LogP contribution in [0.2, 0.25) is 0 Å². The zero-order valence-electron chi connectivity index (χ0n) is 10.9. The molecule has 0 spiro atoms. The number of benzene rings is 1. The lowest BCUT2D eigenvalue weighted by atomic mass is 10.3. The summed E-state index contributed by atoms with van der Waals surface area (Å²) in [6, 6.07) is 5.43. The van der Waals surface area contributed by atoms with Crippen LogP contribution in [0, 0.1) is 0 Å². The number of nitrogens with one attached hydrogen (secondary N) is 2. The van der Waals surface area contributed by atoms with E-state index in [4.69, 9.17) is 4.42 Å². The third kappa shape index (κ3) is 3.42. The van der Waals surface area contributed by atoms with Gasteiger partial charge in [-0.15, -0.1) is 6.58 Å². The summed E-state index contributed by atoms with van der Waals surface area (Å²) in [6.45, 7) is 6.42. The number of carbonyl (C=O) groups excluding carboxylic acids is 1. The van der Waals surface area contributed by atoms with Gasteiger partial charge in [0.15, 0.2) is 11.5 Å². The summed E-state index contributed by atoms with van der Waals surface area (Å²) in [6.07, 6.45) is 2.46. The van der Waals surface area contributed by atoms with Crippen LogP contribution in [0.4, 0.5) is 5.69 Å². The SMILES string of the molecule is C=CCNCC(=O)Nc1ccc2oc(CC)nc2c1. The molecule has 0 saturated heterocycles. The number of anilines is 1. The second kappa shape index (κ2) is 6.15. The number of nitrogens with zero attached hydrogens (tertiary/aromatic N) is 1. The predicted molar refractivity (Wildman–Crippen MR) is 75.1 cm³/mol. The van der Waals surface area contributed by atoms with Gasteiger partial charge < -0.3 is 15.1 Å². The zero-order chi connectivity index (χ0) is 13.7. The van der Waals surface area contributed by atoms with E-state index in [-0.39, 0.29) is 12.5 Å². The normalized spacial score (nSPS) is 10.6. The van der Waals surface area contributed by atoms with Crippen molar-refractivity contribution >= 4 is 22.7 Å². The van der Waals surface area contributed by atoms with Gasteiger partial charge in [-0.3, -0.25) is 4.79 Å². The number of aromatic nitrogens is 1. The summed E-state index contributed by atoms with van der Waals surface area (Å²) in [5.41, 5.74) is 2.21. The van der Waals surface area contributed by atoms with Crippen LogP contribution in [0.15, 0.2) is 35.3 Å². The number of hydrogen-bond donors (Lipinski definition) is 2. The summed E-state index contributed by atoms with van der Waals surface area (Å²) in [5, 5.41) is 5.74. The Morgan fingerprint density at radius 1 is 1.53 bits per heavy atom. The van der Waals surface area contributed by atoms with E-state index in [9.17, 15) is 4.79 Å². The van der Waals surface area contributed by atoms with Gasteiger partial charge in [-0.25, -0.2) is 4.98 Å². The van der Waals surface area contributed by atoms with E-state index >= 15 is 0 Å². The minimum Gasteiger partial charge on any atom is -0.441 e. The van der Waals surface area contributed by atoms with Crippen LogP contribution in [0.25, 0.3) is 11.1 Å². The smallest absolute Gasteiger partial charge is 0.238 e. The molecule has 19 heavy (non-hydrogen) atoms. The molecule has 1 heterocycles. The molecule has 5 heteroatoms. The van der Waals surface area contributed by atoms with Crippen molar-refractivity contribution in [2.75, 3.05) is 18.4 Å². The topological polar surface area (TPSA) is 67.2 Å². The number of hydrogen-bond acceptors (Lipinski definition) is 4. The molecule has 2 N–H and O–H groups in total. The van der Waals surface area contributed by atoms with E-state index in [1.54, 1.807) is 12.1 Å². The van der Waals surface area contributed by atoms with Crippen LogP contribution in [0.3, 0.4) is 0 Å². The Labute approximate surface area is 111 Å². The molecule has 0 aliphatic carbocycles. The van der Waals surface area contributed by atoms with E-state index in [0.717, 1.165) is 17.5 Å².